The van der Waals surface area contributed by atoms with Gasteiger partial charge in [0, 0.05) is 25.8 Å². The topological polar surface area (TPSA) is 154 Å². The normalized spacial score (nSPS) is 22.0. The quantitative estimate of drug-likeness (QED) is 0.192. The molecule has 202 valence electrons. The number of imidazole rings is 1. The minimum Gasteiger partial charge on any atom is -0.396 e. The number of aromatic nitrogens is 6. The van der Waals surface area contributed by atoms with Gasteiger partial charge in [-0.25, -0.2) is 15.0 Å². The molecule has 5 N–H and O–H groups in total. The average Bonchev–Trinajstić information content (AvgIpc) is 3.57. The number of thiazole rings is 1. The van der Waals surface area contributed by atoms with Crippen LogP contribution in [0.4, 0.5) is 11.8 Å². The number of fused-ring (bicyclic) bond motifs is 2. The van der Waals surface area contributed by atoms with Crippen molar-refractivity contribution in [2.75, 3.05) is 17.2 Å². The van der Waals surface area contributed by atoms with Crippen LogP contribution in [0.1, 0.15) is 37.3 Å². The molecule has 0 radical (unpaired) electrons. The van der Waals surface area contributed by atoms with E-state index in [2.05, 4.69) is 15.6 Å². The molecular weight excluding hydrogens is 516 g/mol. The fraction of sp³-hybridized carbons (Fsp3) is 0.370. The predicted molar refractivity (Wildman–Crippen MR) is 150 cm³/mol. The first-order chi connectivity index (χ1) is 18.8. The molecule has 0 saturated heterocycles. The number of rotatable bonds is 7. The number of nitrogens with zero attached hydrogens (tertiary/aromatic N) is 6. The zero-order valence-electron chi connectivity index (χ0n) is 21.8. The fourth-order valence-corrected chi connectivity index (χ4v) is 6.34. The first-order valence-electron chi connectivity index (χ1n) is 12.8. The number of pyridine rings is 1. The summed E-state index contributed by atoms with van der Waals surface area (Å²) in [6, 6.07) is 9.61. The zero-order chi connectivity index (χ0) is 27.3. The molecule has 0 spiro atoms. The van der Waals surface area contributed by atoms with Gasteiger partial charge in [-0.1, -0.05) is 12.1 Å². The molecule has 0 unspecified atom stereocenters. The lowest BCUT2D eigenvalue weighted by Crippen LogP contribution is -2.48. The van der Waals surface area contributed by atoms with E-state index in [9.17, 15) is 15.3 Å². The molecule has 5 aromatic rings. The van der Waals surface area contributed by atoms with Gasteiger partial charge in [-0.2, -0.15) is 4.98 Å². The highest BCUT2D eigenvalue weighted by atomic mass is 32.1. The van der Waals surface area contributed by atoms with Gasteiger partial charge in [0.25, 0.3) is 0 Å². The van der Waals surface area contributed by atoms with E-state index in [0.717, 1.165) is 27.1 Å². The lowest BCUT2D eigenvalue weighted by molar-refractivity contribution is -0.0545. The van der Waals surface area contributed by atoms with Crippen molar-refractivity contribution in [1.29, 1.82) is 0 Å². The molecule has 0 bridgehead atoms. The van der Waals surface area contributed by atoms with Crippen LogP contribution in [-0.2, 0) is 7.05 Å². The van der Waals surface area contributed by atoms with Crippen LogP contribution < -0.4 is 10.6 Å². The molecule has 6 rings (SSSR count). The second-order valence-corrected chi connectivity index (χ2v) is 11.1. The van der Waals surface area contributed by atoms with Gasteiger partial charge < -0.3 is 30.5 Å². The van der Waals surface area contributed by atoms with Crippen molar-refractivity contribution in [3.63, 3.8) is 0 Å². The first-order valence-corrected chi connectivity index (χ1v) is 13.7. The number of hydrogen-bond donors (Lipinski definition) is 5. The van der Waals surface area contributed by atoms with Crippen LogP contribution in [0.5, 0.6) is 0 Å². The molecule has 0 amide bonds. The molecule has 1 fully saturated rings. The van der Waals surface area contributed by atoms with Gasteiger partial charge >= 0.3 is 0 Å². The van der Waals surface area contributed by atoms with E-state index in [1.165, 1.54) is 11.3 Å². The van der Waals surface area contributed by atoms with Crippen LogP contribution >= 0.6 is 11.3 Å². The number of para-hydroxylation sites is 2. The standard InChI is InChI=1S/C27H30N8O3S/c1-14-21(25-32-18-12-28-11-9-20(18)39-25)23(34-27(38)10-8-16(13-36)22(27)37)33-26(29-14)30-15(2)24-31-17-6-4-5-7-19(17)35(24)3/h4-7,9,11-12,15-16,22,36-38H,8,10,13H2,1-3H3,(H2,29,30,33,34)/t15-,16-,22-,27+/m1/s1. The maximum atomic E-state index is 11.4. The Bertz CT molecular complexity index is 1640. The third-order valence-corrected chi connectivity index (χ3v) is 8.50. The third-order valence-electron chi connectivity index (χ3n) is 7.45. The molecule has 4 heterocycles. The molecule has 4 atom stereocenters. The molecule has 0 aliphatic heterocycles. The maximum Gasteiger partial charge on any atom is 0.225 e. The van der Waals surface area contributed by atoms with Crippen molar-refractivity contribution in [2.45, 2.75) is 44.6 Å². The van der Waals surface area contributed by atoms with Gasteiger partial charge in [0.2, 0.25) is 5.95 Å². The average molecular weight is 547 g/mol. The highest BCUT2D eigenvalue weighted by Crippen LogP contribution is 2.40. The monoisotopic (exact) mass is 546 g/mol. The van der Waals surface area contributed by atoms with Crippen molar-refractivity contribution < 1.29 is 15.3 Å². The summed E-state index contributed by atoms with van der Waals surface area (Å²) in [5.74, 6) is 1.08. The van der Waals surface area contributed by atoms with Crippen molar-refractivity contribution in [2.24, 2.45) is 13.0 Å². The Morgan fingerprint density at radius 2 is 1.97 bits per heavy atom. The fourth-order valence-electron chi connectivity index (χ4n) is 5.31. The van der Waals surface area contributed by atoms with E-state index in [-0.39, 0.29) is 19.1 Å². The third kappa shape index (κ3) is 4.48. The van der Waals surface area contributed by atoms with Gasteiger partial charge in [0.05, 0.1) is 39.2 Å². The SMILES string of the molecule is Cc1nc(N[C@H](C)c2nc3ccccc3n2C)nc(N[C@]2(O)CC[C@H](CO)[C@H]2O)c1-c1nc2cnccc2s1. The highest BCUT2D eigenvalue weighted by Gasteiger charge is 2.47. The van der Waals surface area contributed by atoms with Crippen molar-refractivity contribution in [3.8, 4) is 10.6 Å². The second kappa shape index (κ2) is 9.79. The number of aliphatic hydroxyl groups excluding tert-OH is 2. The molecule has 12 heteroatoms. The number of anilines is 2. The number of aliphatic hydroxyl groups is 3. The molecule has 1 saturated carbocycles. The first kappa shape index (κ1) is 25.6. The van der Waals surface area contributed by atoms with Crippen LogP contribution in [0.2, 0.25) is 0 Å². The van der Waals surface area contributed by atoms with E-state index in [4.69, 9.17) is 19.9 Å². The summed E-state index contributed by atoms with van der Waals surface area (Å²) in [5.41, 5.74) is 2.29. The number of nitrogens with one attached hydrogen (secondary N) is 2. The summed E-state index contributed by atoms with van der Waals surface area (Å²) >= 11 is 1.47. The summed E-state index contributed by atoms with van der Waals surface area (Å²) in [7, 11) is 1.97. The summed E-state index contributed by atoms with van der Waals surface area (Å²) in [6.45, 7) is 3.64. The number of benzene rings is 1. The van der Waals surface area contributed by atoms with Crippen molar-refractivity contribution >= 4 is 44.4 Å². The molecule has 39 heavy (non-hydrogen) atoms. The Morgan fingerprint density at radius 1 is 1.15 bits per heavy atom. The Hall–Kier alpha value is -3.71. The molecule has 11 nitrogen and oxygen atoms in total. The van der Waals surface area contributed by atoms with Crippen LogP contribution in [0, 0.1) is 12.8 Å². The summed E-state index contributed by atoms with van der Waals surface area (Å²) in [5, 5.41) is 39.0. The lowest BCUT2D eigenvalue weighted by atomic mass is 10.0. The van der Waals surface area contributed by atoms with E-state index < -0.39 is 17.7 Å². The van der Waals surface area contributed by atoms with Crippen LogP contribution in [-0.4, -0.2) is 63.2 Å². The van der Waals surface area contributed by atoms with Gasteiger partial charge in [0.1, 0.15) is 28.3 Å². The van der Waals surface area contributed by atoms with E-state index >= 15 is 0 Å². The molecular formula is C27H30N8O3S. The Balaban J connectivity index is 1.40. The number of hydrogen-bond acceptors (Lipinski definition) is 11. The van der Waals surface area contributed by atoms with Gasteiger partial charge in [-0.15, -0.1) is 11.3 Å². The van der Waals surface area contributed by atoms with E-state index in [1.54, 1.807) is 12.4 Å². The smallest absolute Gasteiger partial charge is 0.225 e. The molecule has 1 aromatic carbocycles. The van der Waals surface area contributed by atoms with E-state index in [0.29, 0.717) is 34.5 Å². The van der Waals surface area contributed by atoms with Gasteiger partial charge in [0.15, 0.2) is 5.72 Å². The van der Waals surface area contributed by atoms with Crippen LogP contribution in [0.3, 0.4) is 0 Å². The summed E-state index contributed by atoms with van der Waals surface area (Å²) in [6.07, 6.45) is 2.98. The highest BCUT2D eigenvalue weighted by molar-refractivity contribution is 7.21. The van der Waals surface area contributed by atoms with Crippen molar-refractivity contribution in [3.05, 3.63) is 54.2 Å². The largest absolute Gasteiger partial charge is 0.396 e. The van der Waals surface area contributed by atoms with Gasteiger partial charge in [-0.3, -0.25) is 4.98 Å². The molecule has 1 aliphatic carbocycles. The van der Waals surface area contributed by atoms with E-state index in [1.807, 2.05) is 55.8 Å². The van der Waals surface area contributed by atoms with Crippen LogP contribution in [0.25, 0.3) is 31.8 Å². The minimum atomic E-state index is -1.67. The zero-order valence-corrected chi connectivity index (χ0v) is 22.6. The lowest BCUT2D eigenvalue weighted by Gasteiger charge is -2.31. The minimum absolute atomic E-state index is 0.214. The van der Waals surface area contributed by atoms with Gasteiger partial charge in [-0.05, 0) is 44.9 Å². The predicted octanol–water partition coefficient (Wildman–Crippen LogP) is 3.38. The second-order valence-electron chi connectivity index (χ2n) is 10.1. The van der Waals surface area contributed by atoms with Crippen LogP contribution in [0.15, 0.2) is 42.7 Å². The summed E-state index contributed by atoms with van der Waals surface area (Å²) in [4.78, 5) is 23.2. The Morgan fingerprint density at radius 3 is 2.72 bits per heavy atom. The Labute approximate surface area is 228 Å². The maximum absolute atomic E-state index is 11.4. The molecule has 4 aromatic heterocycles. The Kier molecular flexibility index (Phi) is 6.42. The van der Waals surface area contributed by atoms with Crippen molar-refractivity contribution in [1.82, 2.24) is 29.5 Å². The summed E-state index contributed by atoms with van der Waals surface area (Å²) < 4.78 is 3.00. The molecule has 1 aliphatic rings. The number of aryl methyl sites for hydroxylation is 2.